The van der Waals surface area contributed by atoms with Gasteiger partial charge in [-0.05, 0) is 57.5 Å². The van der Waals surface area contributed by atoms with Gasteiger partial charge in [-0.3, -0.25) is 0 Å². The lowest BCUT2D eigenvalue weighted by molar-refractivity contribution is 0.174. The van der Waals surface area contributed by atoms with E-state index in [1.165, 1.54) is 51.6 Å². The molecule has 3 N–H and O–H groups in total. The SMILES string of the molecule is CC(N)(CO)CCCN1CCC2(CCCCC2)C1. The van der Waals surface area contributed by atoms with Crippen molar-refractivity contribution in [2.75, 3.05) is 26.2 Å². The molecule has 2 fully saturated rings. The van der Waals surface area contributed by atoms with Crippen LogP contribution in [0.15, 0.2) is 0 Å². The predicted octanol–water partition coefficient (Wildman–Crippen LogP) is 2.13. The number of hydrogen-bond donors (Lipinski definition) is 2. The highest BCUT2D eigenvalue weighted by molar-refractivity contribution is 4.92. The summed E-state index contributed by atoms with van der Waals surface area (Å²) in [4.78, 5) is 2.62. The molecule has 1 aliphatic carbocycles. The standard InChI is InChI=1S/C15H30N2O/c1-14(16,13-18)6-5-10-17-11-9-15(12-17)7-3-2-4-8-15/h18H,2-13,16H2,1H3. The summed E-state index contributed by atoms with van der Waals surface area (Å²) < 4.78 is 0. The second-order valence-electron chi connectivity index (χ2n) is 7.00. The lowest BCUT2D eigenvalue weighted by atomic mass is 9.73. The van der Waals surface area contributed by atoms with Crippen LogP contribution in [0.3, 0.4) is 0 Å². The van der Waals surface area contributed by atoms with E-state index in [1.54, 1.807) is 0 Å². The zero-order valence-electron chi connectivity index (χ0n) is 12.0. The van der Waals surface area contributed by atoms with Crippen LogP contribution in [0.2, 0.25) is 0 Å². The monoisotopic (exact) mass is 254 g/mol. The van der Waals surface area contributed by atoms with E-state index in [-0.39, 0.29) is 12.1 Å². The normalized spacial score (nSPS) is 27.5. The van der Waals surface area contributed by atoms with Crippen LogP contribution in [-0.2, 0) is 0 Å². The Labute approximate surface area is 112 Å². The third-order valence-electron chi connectivity index (χ3n) is 5.02. The Bertz CT molecular complexity index is 259. The Morgan fingerprint density at radius 2 is 1.94 bits per heavy atom. The molecule has 18 heavy (non-hydrogen) atoms. The molecule has 0 amide bonds. The Kier molecular flexibility index (Phi) is 4.68. The van der Waals surface area contributed by atoms with Crippen molar-refractivity contribution in [3.63, 3.8) is 0 Å². The molecule has 0 aromatic rings. The molecule has 1 atom stereocenters. The molecule has 1 saturated heterocycles. The van der Waals surface area contributed by atoms with E-state index in [1.807, 2.05) is 6.92 Å². The molecule has 1 spiro atoms. The maximum Gasteiger partial charge on any atom is 0.0608 e. The number of nitrogens with two attached hydrogens (primary N) is 1. The molecule has 3 heteroatoms. The topological polar surface area (TPSA) is 49.5 Å². The van der Waals surface area contributed by atoms with Crippen molar-refractivity contribution in [2.24, 2.45) is 11.1 Å². The summed E-state index contributed by atoms with van der Waals surface area (Å²) in [6, 6.07) is 0. The van der Waals surface area contributed by atoms with Crippen molar-refractivity contribution in [1.82, 2.24) is 4.90 Å². The van der Waals surface area contributed by atoms with Gasteiger partial charge in [0.15, 0.2) is 0 Å². The van der Waals surface area contributed by atoms with Crippen molar-refractivity contribution in [2.45, 2.75) is 63.8 Å². The fourth-order valence-corrected chi connectivity index (χ4v) is 3.71. The first-order valence-electron chi connectivity index (χ1n) is 7.67. The van der Waals surface area contributed by atoms with Gasteiger partial charge in [0.1, 0.15) is 0 Å². The third-order valence-corrected chi connectivity index (χ3v) is 5.02. The molecule has 0 bridgehead atoms. The Balaban J connectivity index is 1.69. The summed E-state index contributed by atoms with van der Waals surface area (Å²) in [6.07, 6.45) is 10.7. The van der Waals surface area contributed by atoms with E-state index in [0.29, 0.717) is 5.41 Å². The van der Waals surface area contributed by atoms with Crippen LogP contribution in [0.25, 0.3) is 0 Å². The molecule has 2 rings (SSSR count). The van der Waals surface area contributed by atoms with E-state index in [4.69, 9.17) is 10.8 Å². The molecule has 1 heterocycles. The number of aliphatic hydroxyl groups excluding tert-OH is 1. The van der Waals surface area contributed by atoms with E-state index < -0.39 is 0 Å². The number of likely N-dealkylation sites (tertiary alicyclic amines) is 1. The highest BCUT2D eigenvalue weighted by Gasteiger charge is 2.38. The van der Waals surface area contributed by atoms with E-state index in [9.17, 15) is 0 Å². The van der Waals surface area contributed by atoms with Crippen LogP contribution in [0, 0.1) is 5.41 Å². The number of nitrogens with zero attached hydrogens (tertiary/aromatic N) is 1. The number of hydrogen-bond acceptors (Lipinski definition) is 3. The minimum atomic E-state index is -0.387. The fraction of sp³-hybridized carbons (Fsp3) is 1.00. The first-order valence-corrected chi connectivity index (χ1v) is 7.67. The molecule has 2 aliphatic rings. The van der Waals surface area contributed by atoms with E-state index in [2.05, 4.69) is 4.90 Å². The van der Waals surface area contributed by atoms with Gasteiger partial charge in [0.2, 0.25) is 0 Å². The van der Waals surface area contributed by atoms with Gasteiger partial charge in [0.05, 0.1) is 6.61 Å². The Morgan fingerprint density at radius 3 is 2.61 bits per heavy atom. The first kappa shape index (κ1) is 14.3. The molecule has 0 aromatic carbocycles. The zero-order chi connectivity index (χ0) is 13.1. The van der Waals surface area contributed by atoms with Gasteiger partial charge in [0.25, 0.3) is 0 Å². The lowest BCUT2D eigenvalue weighted by Gasteiger charge is -2.33. The zero-order valence-corrected chi connectivity index (χ0v) is 12.0. The quantitative estimate of drug-likeness (QED) is 0.790. The van der Waals surface area contributed by atoms with Crippen LogP contribution >= 0.6 is 0 Å². The molecular weight excluding hydrogens is 224 g/mol. The molecule has 0 aromatic heterocycles. The van der Waals surface area contributed by atoms with Gasteiger partial charge in [-0.2, -0.15) is 0 Å². The van der Waals surface area contributed by atoms with Crippen LogP contribution < -0.4 is 5.73 Å². The lowest BCUT2D eigenvalue weighted by Crippen LogP contribution is -2.40. The summed E-state index contributed by atoms with van der Waals surface area (Å²) in [5, 5.41) is 9.15. The Hall–Kier alpha value is -0.120. The highest BCUT2D eigenvalue weighted by atomic mass is 16.3. The number of aliphatic hydroxyl groups is 1. The summed E-state index contributed by atoms with van der Waals surface area (Å²) in [6.45, 7) is 5.79. The van der Waals surface area contributed by atoms with E-state index in [0.717, 1.165) is 19.4 Å². The second kappa shape index (κ2) is 5.89. The third kappa shape index (κ3) is 3.69. The molecule has 3 nitrogen and oxygen atoms in total. The molecule has 0 radical (unpaired) electrons. The van der Waals surface area contributed by atoms with Gasteiger partial charge in [0, 0.05) is 12.1 Å². The van der Waals surface area contributed by atoms with Gasteiger partial charge >= 0.3 is 0 Å². The maximum absolute atomic E-state index is 9.15. The van der Waals surface area contributed by atoms with E-state index >= 15 is 0 Å². The van der Waals surface area contributed by atoms with Gasteiger partial charge < -0.3 is 15.7 Å². The van der Waals surface area contributed by atoms with Gasteiger partial charge in [-0.25, -0.2) is 0 Å². The molecule has 1 aliphatic heterocycles. The first-order chi connectivity index (χ1) is 8.55. The van der Waals surface area contributed by atoms with Crippen LogP contribution in [0.5, 0.6) is 0 Å². The van der Waals surface area contributed by atoms with Crippen LogP contribution in [0.1, 0.15) is 58.3 Å². The minimum Gasteiger partial charge on any atom is -0.394 e. The summed E-state index contributed by atoms with van der Waals surface area (Å²) in [7, 11) is 0. The van der Waals surface area contributed by atoms with Crippen molar-refractivity contribution in [3.8, 4) is 0 Å². The van der Waals surface area contributed by atoms with Crippen LogP contribution in [0.4, 0.5) is 0 Å². The molecule has 1 saturated carbocycles. The van der Waals surface area contributed by atoms with Gasteiger partial charge in [-0.15, -0.1) is 0 Å². The van der Waals surface area contributed by atoms with Crippen molar-refractivity contribution in [3.05, 3.63) is 0 Å². The van der Waals surface area contributed by atoms with Crippen molar-refractivity contribution >= 4 is 0 Å². The minimum absolute atomic E-state index is 0.0942. The molecular formula is C15H30N2O. The average Bonchev–Trinajstić information content (AvgIpc) is 2.73. The Morgan fingerprint density at radius 1 is 1.22 bits per heavy atom. The summed E-state index contributed by atoms with van der Waals surface area (Å²) >= 11 is 0. The molecule has 1 unspecified atom stereocenters. The maximum atomic E-state index is 9.15. The van der Waals surface area contributed by atoms with Crippen LogP contribution in [-0.4, -0.2) is 41.8 Å². The summed E-state index contributed by atoms with van der Waals surface area (Å²) in [5.74, 6) is 0. The molecule has 106 valence electrons. The number of rotatable bonds is 5. The fourth-order valence-electron chi connectivity index (χ4n) is 3.71. The largest absolute Gasteiger partial charge is 0.394 e. The highest BCUT2D eigenvalue weighted by Crippen LogP contribution is 2.43. The van der Waals surface area contributed by atoms with Crippen molar-refractivity contribution in [1.29, 1.82) is 0 Å². The average molecular weight is 254 g/mol. The van der Waals surface area contributed by atoms with Crippen molar-refractivity contribution < 1.29 is 5.11 Å². The summed E-state index contributed by atoms with van der Waals surface area (Å²) in [5.41, 5.74) is 6.25. The smallest absolute Gasteiger partial charge is 0.0608 e. The second-order valence-corrected chi connectivity index (χ2v) is 7.00. The predicted molar refractivity (Wildman–Crippen MR) is 75.5 cm³/mol. The van der Waals surface area contributed by atoms with Gasteiger partial charge in [-0.1, -0.05) is 19.3 Å².